The standard InChI is InChI=1S/C74H38N2/c1-3-15-39(16-4-1)61-57-37-41(59-23-11-13-33-75-59)35-55-43-19-7-9-21-45(43)69(67(55)57)73-53-31-27-49-48-26-30-52-66-54(32-28-50(64(48)66)47-25-29-51(71(61)73)65(53)63(47)49)74-70-46-22-10-8-20-44(46)56-36-42(60-24-12-14-34-76-60)38-58(68(56)70)62(72(52)74)40-17-5-2-6-18-40/h1-38H. The van der Waals surface area contributed by atoms with Gasteiger partial charge in [0.25, 0.3) is 0 Å². The van der Waals surface area contributed by atoms with Crippen molar-refractivity contribution in [2.24, 2.45) is 0 Å². The molecule has 0 amide bonds. The summed E-state index contributed by atoms with van der Waals surface area (Å²) < 4.78 is 0. The maximum atomic E-state index is 4.90. The van der Waals surface area contributed by atoms with Gasteiger partial charge in [-0.25, -0.2) is 0 Å². The van der Waals surface area contributed by atoms with Gasteiger partial charge in [0, 0.05) is 23.5 Å². The summed E-state index contributed by atoms with van der Waals surface area (Å²) in [6.07, 6.45) is 3.82. The molecule has 0 radical (unpaired) electrons. The van der Waals surface area contributed by atoms with Crippen LogP contribution in [0, 0.1) is 0 Å². The van der Waals surface area contributed by atoms with Gasteiger partial charge in [0.05, 0.1) is 11.4 Å². The van der Waals surface area contributed by atoms with Crippen molar-refractivity contribution < 1.29 is 0 Å². The predicted molar refractivity (Wildman–Crippen MR) is 325 cm³/mol. The second kappa shape index (κ2) is 14.0. The van der Waals surface area contributed by atoms with E-state index < -0.39 is 0 Å². The molecule has 76 heavy (non-hydrogen) atoms. The molecule has 0 atom stereocenters. The van der Waals surface area contributed by atoms with Crippen molar-refractivity contribution in [3.8, 4) is 44.8 Å². The van der Waals surface area contributed by atoms with Crippen LogP contribution in [0.3, 0.4) is 0 Å². The van der Waals surface area contributed by atoms with Crippen molar-refractivity contribution in [2.45, 2.75) is 0 Å². The zero-order valence-electron chi connectivity index (χ0n) is 40.8. The van der Waals surface area contributed by atoms with Gasteiger partial charge in [-0.15, -0.1) is 0 Å². The van der Waals surface area contributed by atoms with Crippen LogP contribution < -0.4 is 0 Å². The molecule has 344 valence electrons. The first kappa shape index (κ1) is 39.5. The number of fused-ring (bicyclic) bond motifs is 16. The molecule has 19 aromatic rings. The SMILES string of the molecule is c1ccc(-c2c3cc(-c4ccccn4)cc4c5ccccc5c(c34)c3c4ccc5c6ccc7c8c(-c9ccccc9)c9cc(-c%10ccccn%10)cc%10c%11ccccc%11c(c9%10)c8c8ccc(c9ccc(c23)c4c95)c6c78)cc1. The minimum absolute atomic E-state index is 0.983. The van der Waals surface area contributed by atoms with Gasteiger partial charge < -0.3 is 0 Å². The van der Waals surface area contributed by atoms with E-state index in [1.54, 1.807) is 0 Å². The number of pyridine rings is 2. The van der Waals surface area contributed by atoms with Gasteiger partial charge >= 0.3 is 0 Å². The fraction of sp³-hybridized carbons (Fsp3) is 0. The fourth-order valence-corrected chi connectivity index (χ4v) is 15.0. The van der Waals surface area contributed by atoms with E-state index in [9.17, 15) is 0 Å². The van der Waals surface area contributed by atoms with E-state index in [4.69, 9.17) is 9.97 Å². The Labute approximate surface area is 434 Å². The smallest absolute Gasteiger partial charge is 0.0702 e. The number of hydrogen-bond donors (Lipinski definition) is 0. The van der Waals surface area contributed by atoms with E-state index in [1.807, 2.05) is 24.5 Å². The molecule has 0 aliphatic rings. The average molecular weight is 955 g/mol. The Morgan fingerprint density at radius 1 is 0.171 bits per heavy atom. The van der Waals surface area contributed by atoms with Crippen LogP contribution in [0.4, 0.5) is 0 Å². The second-order valence-electron chi connectivity index (χ2n) is 21.3. The van der Waals surface area contributed by atoms with Crippen molar-refractivity contribution >= 4 is 151 Å². The summed E-state index contributed by atoms with van der Waals surface area (Å²) in [5.74, 6) is 0. The van der Waals surface area contributed by atoms with Gasteiger partial charge in [0.1, 0.15) is 0 Å². The number of hydrogen-bond acceptors (Lipinski definition) is 2. The van der Waals surface area contributed by atoms with Crippen LogP contribution in [-0.4, -0.2) is 9.97 Å². The van der Waals surface area contributed by atoms with Crippen molar-refractivity contribution in [1.29, 1.82) is 0 Å². The summed E-state index contributed by atoms with van der Waals surface area (Å²) in [6, 6.07) is 82.2. The average Bonchev–Trinajstić information content (AvgIpc) is 4.38. The second-order valence-corrected chi connectivity index (χ2v) is 21.3. The Hall–Kier alpha value is -10.0. The van der Waals surface area contributed by atoms with E-state index in [-0.39, 0.29) is 0 Å². The molecule has 2 heteroatoms. The Balaban J connectivity index is 0.992. The Kier molecular flexibility index (Phi) is 7.26. The highest BCUT2D eigenvalue weighted by molar-refractivity contribution is 6.54. The minimum Gasteiger partial charge on any atom is -0.256 e. The van der Waals surface area contributed by atoms with Crippen molar-refractivity contribution in [3.63, 3.8) is 0 Å². The van der Waals surface area contributed by atoms with Gasteiger partial charge in [-0.05, 0) is 222 Å². The van der Waals surface area contributed by atoms with Gasteiger partial charge in [0.15, 0.2) is 0 Å². The number of benzene rings is 13. The Morgan fingerprint density at radius 3 is 0.855 bits per heavy atom. The zero-order chi connectivity index (χ0) is 49.1. The van der Waals surface area contributed by atoms with Gasteiger partial charge in [0.2, 0.25) is 0 Å². The zero-order valence-corrected chi connectivity index (χ0v) is 40.8. The predicted octanol–water partition coefficient (Wildman–Crippen LogP) is 20.5. The van der Waals surface area contributed by atoms with Crippen LogP contribution in [0.1, 0.15) is 0 Å². The molecule has 0 N–H and O–H groups in total. The number of nitrogens with zero attached hydrogens (tertiary/aromatic N) is 2. The Bertz CT molecular complexity index is 5280. The van der Waals surface area contributed by atoms with Gasteiger partial charge in [-0.2, -0.15) is 0 Å². The maximum absolute atomic E-state index is 4.90. The molecule has 0 fully saturated rings. The van der Waals surface area contributed by atoms with E-state index in [0.717, 1.165) is 22.5 Å². The molecule has 0 saturated heterocycles. The molecule has 2 nitrogen and oxygen atoms in total. The summed E-state index contributed by atoms with van der Waals surface area (Å²) in [5.41, 5.74) is 9.27. The summed E-state index contributed by atoms with van der Waals surface area (Å²) in [5, 5.41) is 36.9. The maximum Gasteiger partial charge on any atom is 0.0702 e. The first-order valence-corrected chi connectivity index (χ1v) is 26.5. The fourth-order valence-electron chi connectivity index (χ4n) is 15.0. The van der Waals surface area contributed by atoms with Crippen molar-refractivity contribution in [1.82, 2.24) is 9.97 Å². The van der Waals surface area contributed by atoms with Crippen LogP contribution in [0.15, 0.2) is 231 Å². The molecule has 0 spiro atoms. The normalized spacial score (nSPS) is 12.7. The lowest BCUT2D eigenvalue weighted by atomic mass is 9.87. The molecule has 2 heterocycles. The Morgan fingerprint density at radius 2 is 0.461 bits per heavy atom. The van der Waals surface area contributed by atoms with Crippen LogP contribution in [0.5, 0.6) is 0 Å². The quantitative estimate of drug-likeness (QED) is 0.130. The van der Waals surface area contributed by atoms with Crippen molar-refractivity contribution in [2.75, 3.05) is 0 Å². The van der Waals surface area contributed by atoms with Crippen LogP contribution in [0.2, 0.25) is 0 Å². The molecule has 0 aliphatic heterocycles. The summed E-state index contributed by atoms with van der Waals surface area (Å²) in [7, 11) is 0. The molecule has 17 aromatic carbocycles. The lowest BCUT2D eigenvalue weighted by molar-refractivity contribution is 1.33. The first-order chi connectivity index (χ1) is 37.8. The van der Waals surface area contributed by atoms with Gasteiger partial charge in [-0.3, -0.25) is 9.97 Å². The first-order valence-electron chi connectivity index (χ1n) is 26.5. The van der Waals surface area contributed by atoms with Crippen molar-refractivity contribution in [3.05, 3.63) is 231 Å². The molecule has 0 unspecified atom stereocenters. The van der Waals surface area contributed by atoms with Gasteiger partial charge in [-0.1, -0.05) is 170 Å². The number of rotatable bonds is 4. The molecular formula is C74H38N2. The van der Waals surface area contributed by atoms with E-state index in [1.165, 1.54) is 173 Å². The monoisotopic (exact) mass is 954 g/mol. The summed E-state index contributed by atoms with van der Waals surface area (Å²) in [4.78, 5) is 9.80. The molecule has 19 rings (SSSR count). The van der Waals surface area contributed by atoms with Crippen LogP contribution in [-0.2, 0) is 0 Å². The highest BCUT2D eigenvalue weighted by Gasteiger charge is 2.30. The van der Waals surface area contributed by atoms with E-state index in [0.29, 0.717) is 0 Å². The van der Waals surface area contributed by atoms with Crippen LogP contribution >= 0.6 is 0 Å². The lowest BCUT2D eigenvalue weighted by Crippen LogP contribution is -1.88. The third-order valence-electron chi connectivity index (χ3n) is 17.8. The topological polar surface area (TPSA) is 25.8 Å². The molecule has 0 bridgehead atoms. The third kappa shape index (κ3) is 4.72. The van der Waals surface area contributed by atoms with Crippen LogP contribution in [0.25, 0.3) is 196 Å². The van der Waals surface area contributed by atoms with E-state index in [2.05, 4.69) is 206 Å². The third-order valence-corrected chi connectivity index (χ3v) is 17.8. The molecule has 0 aliphatic carbocycles. The van der Waals surface area contributed by atoms with E-state index >= 15 is 0 Å². The molecule has 0 saturated carbocycles. The summed E-state index contributed by atoms with van der Waals surface area (Å²) >= 11 is 0. The molecular weight excluding hydrogens is 917 g/mol. The lowest BCUT2D eigenvalue weighted by Gasteiger charge is -2.15. The highest BCUT2D eigenvalue weighted by Crippen LogP contribution is 2.59. The largest absolute Gasteiger partial charge is 0.256 e. The summed E-state index contributed by atoms with van der Waals surface area (Å²) in [6.45, 7) is 0. The highest BCUT2D eigenvalue weighted by atomic mass is 14.7. The molecule has 2 aromatic heterocycles. The number of aromatic nitrogens is 2. The minimum atomic E-state index is 0.983.